The lowest BCUT2D eigenvalue weighted by Crippen LogP contribution is -2.52. The average molecular weight is 429 g/mol. The second kappa shape index (κ2) is 9.90. The maximum Gasteiger partial charge on any atom is 0.255 e. The number of rotatable bonds is 6. The van der Waals surface area contributed by atoms with E-state index in [1.807, 2.05) is 17.9 Å². The van der Waals surface area contributed by atoms with Gasteiger partial charge in [-0.15, -0.1) is 0 Å². The zero-order chi connectivity index (χ0) is 22.7. The van der Waals surface area contributed by atoms with Crippen LogP contribution < -0.4 is 10.2 Å². The van der Waals surface area contributed by atoms with Gasteiger partial charge in [0.15, 0.2) is 0 Å². The molecule has 2 aliphatic rings. The van der Waals surface area contributed by atoms with Gasteiger partial charge in [0, 0.05) is 26.6 Å². The predicted octanol–water partition coefficient (Wildman–Crippen LogP) is 2.47. The van der Waals surface area contributed by atoms with Gasteiger partial charge < -0.3 is 15.1 Å². The summed E-state index contributed by atoms with van der Waals surface area (Å²) in [5.74, 6) is 0.697. The number of Topliss-reactive ketones (excluding diaryl/α,β-unsaturated/α-hetero) is 2. The summed E-state index contributed by atoms with van der Waals surface area (Å²) in [5.41, 5.74) is 1.19. The highest BCUT2D eigenvalue weighted by Gasteiger charge is 2.40. The van der Waals surface area contributed by atoms with Crippen molar-refractivity contribution in [1.29, 1.82) is 0 Å². The van der Waals surface area contributed by atoms with Crippen molar-refractivity contribution < 1.29 is 14.4 Å². The summed E-state index contributed by atoms with van der Waals surface area (Å²) in [4.78, 5) is 46.4. The molecule has 7 nitrogen and oxygen atoms in total. The second-order valence-electron chi connectivity index (χ2n) is 9.47. The summed E-state index contributed by atoms with van der Waals surface area (Å²) in [6.07, 6.45) is 3.94. The number of aryl methyl sites for hydroxylation is 1. The van der Waals surface area contributed by atoms with Crippen molar-refractivity contribution in [3.8, 4) is 0 Å². The molecule has 1 amide bonds. The van der Waals surface area contributed by atoms with E-state index in [-0.39, 0.29) is 23.4 Å². The standard InChI is InChI=1S/C24H36N4O3/c1-15(2)22(29)23(30)20-14-18(17-8-11-25-12-9-17)10-13-28(20)21-7-6-19(16(3)26-21)24(31)27(4)5/h6-7,15,17-18,20,25H,8-14H2,1-5H3. The molecular formula is C24H36N4O3. The van der Waals surface area contributed by atoms with Gasteiger partial charge >= 0.3 is 0 Å². The van der Waals surface area contributed by atoms with Crippen LogP contribution >= 0.6 is 0 Å². The van der Waals surface area contributed by atoms with Crippen LogP contribution in [0.5, 0.6) is 0 Å². The molecule has 2 saturated heterocycles. The number of ketones is 2. The van der Waals surface area contributed by atoms with E-state index >= 15 is 0 Å². The van der Waals surface area contributed by atoms with Crippen molar-refractivity contribution in [1.82, 2.24) is 15.2 Å². The summed E-state index contributed by atoms with van der Waals surface area (Å²) >= 11 is 0. The predicted molar refractivity (Wildman–Crippen MR) is 121 cm³/mol. The fourth-order valence-corrected chi connectivity index (χ4v) is 4.88. The number of carbonyl (C=O) groups is 3. The monoisotopic (exact) mass is 428 g/mol. The van der Waals surface area contributed by atoms with Gasteiger partial charge in [-0.2, -0.15) is 0 Å². The lowest BCUT2D eigenvalue weighted by atomic mass is 9.75. The van der Waals surface area contributed by atoms with Gasteiger partial charge in [-0.25, -0.2) is 4.98 Å². The smallest absolute Gasteiger partial charge is 0.255 e. The van der Waals surface area contributed by atoms with Crippen LogP contribution in [0, 0.1) is 24.7 Å². The molecule has 0 bridgehead atoms. The molecule has 0 saturated carbocycles. The normalized spacial score (nSPS) is 22.5. The molecule has 2 fully saturated rings. The first kappa shape index (κ1) is 23.4. The summed E-state index contributed by atoms with van der Waals surface area (Å²) in [5, 5.41) is 3.41. The number of aromatic nitrogens is 1. The van der Waals surface area contributed by atoms with Crippen molar-refractivity contribution in [2.45, 2.75) is 52.5 Å². The molecule has 0 aliphatic carbocycles. The van der Waals surface area contributed by atoms with E-state index < -0.39 is 6.04 Å². The van der Waals surface area contributed by atoms with E-state index in [1.165, 1.54) is 4.90 Å². The zero-order valence-corrected chi connectivity index (χ0v) is 19.5. The fraction of sp³-hybridized carbons (Fsp3) is 0.667. The molecule has 2 atom stereocenters. The molecule has 31 heavy (non-hydrogen) atoms. The Bertz CT molecular complexity index is 830. The van der Waals surface area contributed by atoms with Crippen molar-refractivity contribution >= 4 is 23.3 Å². The first-order chi connectivity index (χ1) is 14.7. The Kier molecular flexibility index (Phi) is 7.46. The van der Waals surface area contributed by atoms with Crippen LogP contribution in [0.15, 0.2) is 12.1 Å². The van der Waals surface area contributed by atoms with E-state index in [2.05, 4.69) is 10.3 Å². The number of nitrogens with zero attached hydrogens (tertiary/aromatic N) is 3. The van der Waals surface area contributed by atoms with Crippen LogP contribution in [0.3, 0.4) is 0 Å². The lowest BCUT2D eigenvalue weighted by molar-refractivity contribution is -0.139. The Balaban J connectivity index is 1.88. The minimum absolute atomic E-state index is 0.0937. The maximum atomic E-state index is 13.2. The van der Waals surface area contributed by atoms with Crippen LogP contribution in [-0.4, -0.2) is 67.1 Å². The molecule has 2 unspecified atom stereocenters. The third kappa shape index (κ3) is 5.14. The summed E-state index contributed by atoms with van der Waals surface area (Å²) in [6, 6.07) is 3.12. The largest absolute Gasteiger partial charge is 0.346 e. The molecule has 0 aromatic carbocycles. The van der Waals surface area contributed by atoms with Gasteiger partial charge in [0.1, 0.15) is 5.82 Å². The number of pyridine rings is 1. The molecule has 3 rings (SSSR count). The van der Waals surface area contributed by atoms with Crippen LogP contribution in [0.4, 0.5) is 5.82 Å². The van der Waals surface area contributed by atoms with Crippen LogP contribution in [0.2, 0.25) is 0 Å². The molecule has 2 aliphatic heterocycles. The van der Waals surface area contributed by atoms with E-state index in [4.69, 9.17) is 0 Å². The van der Waals surface area contributed by atoms with Crippen molar-refractivity contribution in [3.05, 3.63) is 23.4 Å². The fourth-order valence-electron chi connectivity index (χ4n) is 4.88. The number of nitrogens with one attached hydrogen (secondary N) is 1. The lowest BCUT2D eigenvalue weighted by Gasteiger charge is -2.43. The van der Waals surface area contributed by atoms with Crippen molar-refractivity contribution in [3.63, 3.8) is 0 Å². The second-order valence-corrected chi connectivity index (χ2v) is 9.47. The van der Waals surface area contributed by atoms with Crippen LogP contribution in [0.25, 0.3) is 0 Å². The Morgan fingerprint density at radius 3 is 2.35 bits per heavy atom. The van der Waals surface area contributed by atoms with Gasteiger partial charge in [0.25, 0.3) is 5.91 Å². The number of amides is 1. The molecule has 0 spiro atoms. The van der Waals surface area contributed by atoms with Crippen molar-refractivity contribution in [2.24, 2.45) is 17.8 Å². The molecule has 170 valence electrons. The minimum atomic E-state index is -0.481. The number of carbonyl (C=O) groups excluding carboxylic acids is 3. The molecular weight excluding hydrogens is 392 g/mol. The Morgan fingerprint density at radius 1 is 1.10 bits per heavy atom. The third-order valence-corrected chi connectivity index (χ3v) is 6.77. The Labute approximate surface area is 185 Å². The minimum Gasteiger partial charge on any atom is -0.346 e. The first-order valence-electron chi connectivity index (χ1n) is 11.5. The van der Waals surface area contributed by atoms with Crippen molar-refractivity contribution in [2.75, 3.05) is 38.6 Å². The highest BCUT2D eigenvalue weighted by molar-refractivity contribution is 6.40. The quantitative estimate of drug-likeness (QED) is 0.701. The zero-order valence-electron chi connectivity index (χ0n) is 19.5. The van der Waals surface area contributed by atoms with E-state index in [1.54, 1.807) is 34.0 Å². The van der Waals surface area contributed by atoms with Gasteiger partial charge in [-0.05, 0) is 69.7 Å². The SMILES string of the molecule is Cc1nc(N2CCC(C3CCNCC3)CC2C(=O)C(=O)C(C)C)ccc1C(=O)N(C)C. The van der Waals surface area contributed by atoms with E-state index in [0.717, 1.165) is 32.4 Å². The molecule has 1 N–H and O–H groups in total. The number of hydrogen-bond acceptors (Lipinski definition) is 6. The molecule has 1 aromatic rings. The topological polar surface area (TPSA) is 82.6 Å². The van der Waals surface area contributed by atoms with Crippen LogP contribution in [0.1, 0.15) is 55.6 Å². The number of piperidine rings is 2. The van der Waals surface area contributed by atoms with Crippen LogP contribution in [-0.2, 0) is 9.59 Å². The molecule has 1 aromatic heterocycles. The maximum absolute atomic E-state index is 13.2. The summed E-state index contributed by atoms with van der Waals surface area (Å²) < 4.78 is 0. The van der Waals surface area contributed by atoms with E-state index in [9.17, 15) is 14.4 Å². The summed E-state index contributed by atoms with van der Waals surface area (Å²) in [7, 11) is 3.43. The first-order valence-corrected chi connectivity index (χ1v) is 11.5. The molecule has 0 radical (unpaired) electrons. The van der Waals surface area contributed by atoms with Gasteiger partial charge in [0.05, 0.1) is 17.3 Å². The average Bonchev–Trinajstić information content (AvgIpc) is 2.77. The number of hydrogen-bond donors (Lipinski definition) is 1. The third-order valence-electron chi connectivity index (χ3n) is 6.77. The Morgan fingerprint density at radius 2 is 1.77 bits per heavy atom. The Hall–Kier alpha value is -2.28. The van der Waals surface area contributed by atoms with Gasteiger partial charge in [-0.3, -0.25) is 14.4 Å². The van der Waals surface area contributed by atoms with Gasteiger partial charge in [0.2, 0.25) is 11.6 Å². The highest BCUT2D eigenvalue weighted by Crippen LogP contribution is 2.36. The summed E-state index contributed by atoms with van der Waals surface area (Å²) in [6.45, 7) is 8.12. The van der Waals surface area contributed by atoms with Gasteiger partial charge in [-0.1, -0.05) is 13.8 Å². The molecule has 7 heteroatoms. The molecule has 3 heterocycles. The number of anilines is 1. The van der Waals surface area contributed by atoms with E-state index in [0.29, 0.717) is 41.9 Å². The highest BCUT2D eigenvalue weighted by atomic mass is 16.2.